The van der Waals surface area contributed by atoms with E-state index in [1.807, 2.05) is 27.0 Å². The maximum atomic E-state index is 11.9. The van der Waals surface area contributed by atoms with Crippen molar-refractivity contribution < 1.29 is 4.79 Å². The summed E-state index contributed by atoms with van der Waals surface area (Å²) in [5.41, 5.74) is 5.36. The monoisotopic (exact) mass is 346 g/mol. The molecule has 0 saturated carbocycles. The van der Waals surface area contributed by atoms with Gasteiger partial charge in [0.05, 0.1) is 0 Å². The Kier molecular flexibility index (Phi) is 7.09. The summed E-state index contributed by atoms with van der Waals surface area (Å²) in [5.74, 6) is 0.671. The van der Waals surface area contributed by atoms with Crippen LogP contribution in [0.4, 0.5) is 5.13 Å². The van der Waals surface area contributed by atoms with Crippen molar-refractivity contribution in [3.05, 3.63) is 11.1 Å². The largest absolute Gasteiger partial charge is 0.375 e. The second kappa shape index (κ2) is 8.13. The number of thiazole rings is 1. The molecule has 0 spiro atoms. The molecule has 1 atom stereocenters. The fourth-order valence-electron chi connectivity index (χ4n) is 2.58. The number of nitrogens with zero attached hydrogens (tertiary/aromatic N) is 2. The number of piperidine rings is 1. The van der Waals surface area contributed by atoms with Crippen LogP contribution in [0.2, 0.25) is 0 Å². The molecule has 7 heteroatoms. The van der Waals surface area contributed by atoms with Crippen LogP contribution in [0, 0.1) is 11.3 Å². The van der Waals surface area contributed by atoms with Gasteiger partial charge in [-0.25, -0.2) is 4.98 Å². The molecule has 2 rings (SSSR count). The van der Waals surface area contributed by atoms with Crippen LogP contribution in [0.3, 0.4) is 0 Å². The third-order valence-electron chi connectivity index (χ3n) is 3.79. The second-order valence-electron chi connectivity index (χ2n) is 6.87. The van der Waals surface area contributed by atoms with Gasteiger partial charge in [0, 0.05) is 36.1 Å². The van der Waals surface area contributed by atoms with Crippen molar-refractivity contribution in [3.8, 4) is 0 Å². The maximum Gasteiger partial charge on any atom is 0.225 e. The predicted molar refractivity (Wildman–Crippen MR) is 94.2 cm³/mol. The average molecular weight is 347 g/mol. The number of halogens is 1. The Labute approximate surface area is 143 Å². The van der Waals surface area contributed by atoms with Crippen LogP contribution < -0.4 is 11.1 Å². The molecule has 1 aliphatic heterocycles. The summed E-state index contributed by atoms with van der Waals surface area (Å²) in [7, 11) is 0. The topological polar surface area (TPSA) is 71.2 Å². The van der Waals surface area contributed by atoms with Crippen LogP contribution in [0.15, 0.2) is 6.20 Å². The molecular weight excluding hydrogens is 320 g/mol. The Morgan fingerprint density at radius 1 is 1.55 bits per heavy atom. The van der Waals surface area contributed by atoms with Crippen molar-refractivity contribution in [1.29, 1.82) is 0 Å². The van der Waals surface area contributed by atoms with Gasteiger partial charge in [-0.3, -0.25) is 9.69 Å². The first-order chi connectivity index (χ1) is 9.84. The minimum atomic E-state index is -0.311. The molecule has 0 aromatic carbocycles. The number of nitrogens with one attached hydrogen (secondary N) is 1. The normalized spacial score (nSPS) is 19.5. The number of carbonyl (C=O) groups is 1. The summed E-state index contributed by atoms with van der Waals surface area (Å²) in [4.78, 5) is 19.7. The molecule has 1 unspecified atom stereocenters. The Bertz CT molecular complexity index is 486. The second-order valence-corrected chi connectivity index (χ2v) is 8.01. The maximum absolute atomic E-state index is 11.9. The Morgan fingerprint density at radius 2 is 2.27 bits per heavy atom. The third-order valence-corrected chi connectivity index (χ3v) is 4.60. The molecule has 1 fully saturated rings. The predicted octanol–water partition coefficient (Wildman–Crippen LogP) is 2.52. The average Bonchev–Trinajstić information content (AvgIpc) is 2.80. The summed E-state index contributed by atoms with van der Waals surface area (Å²) >= 11 is 1.56. The minimum Gasteiger partial charge on any atom is -0.375 e. The van der Waals surface area contributed by atoms with Gasteiger partial charge in [-0.1, -0.05) is 20.8 Å². The van der Waals surface area contributed by atoms with Crippen LogP contribution in [0.1, 0.15) is 38.5 Å². The summed E-state index contributed by atoms with van der Waals surface area (Å²) in [6, 6.07) is 0. The first-order valence-electron chi connectivity index (χ1n) is 7.55. The molecule has 1 amide bonds. The summed E-state index contributed by atoms with van der Waals surface area (Å²) in [6.07, 6.45) is 4.24. The van der Waals surface area contributed by atoms with Crippen molar-refractivity contribution >= 4 is 34.8 Å². The smallest absolute Gasteiger partial charge is 0.225 e. The van der Waals surface area contributed by atoms with E-state index >= 15 is 0 Å². The van der Waals surface area contributed by atoms with E-state index in [0.29, 0.717) is 11.0 Å². The van der Waals surface area contributed by atoms with Gasteiger partial charge in [-0.2, -0.15) is 0 Å². The molecule has 2 heterocycles. The number of nitrogen functional groups attached to an aromatic ring is 1. The van der Waals surface area contributed by atoms with Gasteiger partial charge >= 0.3 is 0 Å². The molecule has 0 bridgehead atoms. The first-order valence-corrected chi connectivity index (χ1v) is 8.37. The Balaban J connectivity index is 0.00000242. The fourth-order valence-corrected chi connectivity index (χ4v) is 3.31. The van der Waals surface area contributed by atoms with Gasteiger partial charge in [0.25, 0.3) is 0 Å². The zero-order valence-corrected chi connectivity index (χ0v) is 15.2. The van der Waals surface area contributed by atoms with Crippen molar-refractivity contribution in [2.24, 2.45) is 11.3 Å². The summed E-state index contributed by atoms with van der Waals surface area (Å²) in [5, 5.41) is 3.72. The summed E-state index contributed by atoms with van der Waals surface area (Å²) < 4.78 is 0. The molecule has 22 heavy (non-hydrogen) atoms. The first kappa shape index (κ1) is 19.2. The minimum absolute atomic E-state index is 0. The molecule has 1 saturated heterocycles. The molecule has 1 aromatic heterocycles. The van der Waals surface area contributed by atoms with Crippen molar-refractivity contribution in [2.75, 3.05) is 25.4 Å². The van der Waals surface area contributed by atoms with Crippen LogP contribution >= 0.6 is 23.7 Å². The number of amides is 1. The van der Waals surface area contributed by atoms with Crippen molar-refractivity contribution in [3.63, 3.8) is 0 Å². The number of hydrogen-bond donors (Lipinski definition) is 2. The van der Waals surface area contributed by atoms with Crippen LogP contribution in [-0.4, -0.2) is 35.4 Å². The highest BCUT2D eigenvalue weighted by atomic mass is 35.5. The number of hydrogen-bond acceptors (Lipinski definition) is 5. The Hall–Kier alpha value is -0.850. The van der Waals surface area contributed by atoms with E-state index in [2.05, 4.69) is 15.2 Å². The van der Waals surface area contributed by atoms with Gasteiger partial charge < -0.3 is 11.1 Å². The molecule has 0 aliphatic carbocycles. The number of aromatic nitrogens is 1. The lowest BCUT2D eigenvalue weighted by atomic mass is 9.94. The third kappa shape index (κ3) is 5.74. The summed E-state index contributed by atoms with van der Waals surface area (Å²) in [6.45, 7) is 9.68. The number of anilines is 1. The molecule has 3 N–H and O–H groups in total. The highest BCUT2D eigenvalue weighted by Gasteiger charge is 2.24. The number of nitrogens with two attached hydrogens (primary N) is 1. The van der Waals surface area contributed by atoms with Crippen molar-refractivity contribution in [1.82, 2.24) is 15.2 Å². The molecule has 1 aliphatic rings. The van der Waals surface area contributed by atoms with Gasteiger partial charge in [-0.05, 0) is 25.3 Å². The Morgan fingerprint density at radius 3 is 2.86 bits per heavy atom. The number of likely N-dealkylation sites (tertiary alicyclic amines) is 1. The van der Waals surface area contributed by atoms with E-state index < -0.39 is 0 Å². The van der Waals surface area contributed by atoms with Crippen LogP contribution in [0.25, 0.3) is 0 Å². The van der Waals surface area contributed by atoms with E-state index in [1.165, 1.54) is 17.7 Å². The molecule has 0 radical (unpaired) electrons. The van der Waals surface area contributed by atoms with E-state index in [0.717, 1.165) is 26.2 Å². The molecule has 5 nitrogen and oxygen atoms in total. The van der Waals surface area contributed by atoms with E-state index in [-0.39, 0.29) is 23.7 Å². The van der Waals surface area contributed by atoms with Gasteiger partial charge in [0.1, 0.15) is 0 Å². The number of rotatable bonds is 4. The molecule has 126 valence electrons. The van der Waals surface area contributed by atoms with Gasteiger partial charge in [0.2, 0.25) is 5.91 Å². The zero-order chi connectivity index (χ0) is 15.5. The molecular formula is C15H27ClN4OS. The fraction of sp³-hybridized carbons (Fsp3) is 0.733. The van der Waals surface area contributed by atoms with Crippen molar-refractivity contribution in [2.45, 2.75) is 40.2 Å². The van der Waals surface area contributed by atoms with Crippen LogP contribution in [-0.2, 0) is 11.3 Å². The SMILES string of the molecule is CC(C)(C)C(=O)NCC1CCCN(Cc2cnc(N)s2)C1.Cl. The standard InChI is InChI=1S/C15H26N4OS.ClH/c1-15(2,3)13(20)17-7-11-5-4-6-19(9-11)10-12-8-18-14(16)21-12;/h8,11H,4-7,9-10H2,1-3H3,(H2,16,18)(H,17,20);1H. The van der Waals surface area contributed by atoms with Crippen LogP contribution in [0.5, 0.6) is 0 Å². The number of carbonyl (C=O) groups excluding carboxylic acids is 1. The van der Waals surface area contributed by atoms with Gasteiger partial charge in [-0.15, -0.1) is 23.7 Å². The molecule has 1 aromatic rings. The van der Waals surface area contributed by atoms with E-state index in [9.17, 15) is 4.79 Å². The zero-order valence-electron chi connectivity index (χ0n) is 13.6. The van der Waals surface area contributed by atoms with E-state index in [1.54, 1.807) is 11.3 Å². The van der Waals surface area contributed by atoms with E-state index in [4.69, 9.17) is 5.73 Å². The quantitative estimate of drug-likeness (QED) is 0.878. The lowest BCUT2D eigenvalue weighted by Gasteiger charge is -2.33. The highest BCUT2D eigenvalue weighted by molar-refractivity contribution is 7.15. The lowest BCUT2D eigenvalue weighted by molar-refractivity contribution is -0.128. The van der Waals surface area contributed by atoms with Gasteiger partial charge in [0.15, 0.2) is 5.13 Å². The highest BCUT2D eigenvalue weighted by Crippen LogP contribution is 2.22. The lowest BCUT2D eigenvalue weighted by Crippen LogP contribution is -2.43.